The number of likely N-dealkylation sites (N-methyl/N-ethyl adjacent to an activating group) is 1. The monoisotopic (exact) mass is 280 g/mol. The van der Waals surface area contributed by atoms with Gasteiger partial charge in [-0.15, -0.1) is 0 Å². The van der Waals surface area contributed by atoms with Crippen molar-refractivity contribution in [2.45, 2.75) is 0 Å². The Labute approximate surface area is 114 Å². The molecule has 0 saturated carbocycles. The second-order valence-corrected chi connectivity index (χ2v) is 4.40. The largest absolute Gasteiger partial charge is 0.396 e. The van der Waals surface area contributed by atoms with Crippen LogP contribution < -0.4 is 11.1 Å². The van der Waals surface area contributed by atoms with Crippen LogP contribution >= 0.6 is 0 Å². The fourth-order valence-electron chi connectivity index (χ4n) is 1.79. The zero-order chi connectivity index (χ0) is 14.9. The average Bonchev–Trinajstić information content (AvgIpc) is 2.61. The zero-order valence-electron chi connectivity index (χ0n) is 10.7. The number of hydrogen-bond donors (Lipinski definition) is 2. The number of amides is 4. The second-order valence-electron chi connectivity index (χ2n) is 4.40. The lowest BCUT2D eigenvalue weighted by atomic mass is 10.2. The number of nitrogens with zero attached hydrogens (tertiary/aromatic N) is 2. The highest BCUT2D eigenvalue weighted by Crippen LogP contribution is 2.16. The molecule has 8 heteroatoms. The van der Waals surface area contributed by atoms with Crippen LogP contribution in [0.25, 0.3) is 0 Å². The van der Waals surface area contributed by atoms with Crippen LogP contribution in [0.15, 0.2) is 18.2 Å². The Balaban J connectivity index is 2.00. The van der Waals surface area contributed by atoms with Crippen molar-refractivity contribution >= 4 is 29.2 Å². The van der Waals surface area contributed by atoms with Crippen LogP contribution in [0, 0.1) is 5.82 Å². The van der Waals surface area contributed by atoms with Crippen LogP contribution in [0.5, 0.6) is 0 Å². The number of imide groups is 1. The van der Waals surface area contributed by atoms with Gasteiger partial charge in [0.15, 0.2) is 0 Å². The van der Waals surface area contributed by atoms with Gasteiger partial charge in [0.05, 0.1) is 5.69 Å². The second kappa shape index (κ2) is 5.16. The molecule has 1 saturated heterocycles. The van der Waals surface area contributed by atoms with Gasteiger partial charge in [0.1, 0.15) is 18.9 Å². The third-order valence-corrected chi connectivity index (χ3v) is 2.81. The summed E-state index contributed by atoms with van der Waals surface area (Å²) in [7, 11) is 1.47. The lowest BCUT2D eigenvalue weighted by Gasteiger charge is -2.14. The molecular weight excluding hydrogens is 267 g/mol. The van der Waals surface area contributed by atoms with Crippen LogP contribution in [0.4, 0.5) is 20.6 Å². The van der Waals surface area contributed by atoms with Crippen molar-refractivity contribution in [3.63, 3.8) is 0 Å². The normalized spacial score (nSPS) is 14.9. The van der Waals surface area contributed by atoms with Crippen molar-refractivity contribution in [2.75, 3.05) is 31.2 Å². The van der Waals surface area contributed by atoms with Gasteiger partial charge in [0.25, 0.3) is 5.91 Å². The fourth-order valence-corrected chi connectivity index (χ4v) is 1.79. The predicted molar refractivity (Wildman–Crippen MR) is 69.2 cm³/mol. The first-order valence-electron chi connectivity index (χ1n) is 5.79. The van der Waals surface area contributed by atoms with Gasteiger partial charge in [-0.3, -0.25) is 14.5 Å². The molecule has 1 aliphatic rings. The molecule has 20 heavy (non-hydrogen) atoms. The molecule has 0 radical (unpaired) electrons. The number of anilines is 2. The van der Waals surface area contributed by atoms with Gasteiger partial charge in [-0.2, -0.15) is 0 Å². The van der Waals surface area contributed by atoms with Gasteiger partial charge in [0, 0.05) is 12.7 Å². The van der Waals surface area contributed by atoms with E-state index < -0.39 is 23.7 Å². The van der Waals surface area contributed by atoms with E-state index in [1.165, 1.54) is 24.1 Å². The Bertz CT molecular complexity index is 590. The van der Waals surface area contributed by atoms with Crippen molar-refractivity contribution in [2.24, 2.45) is 0 Å². The maximum absolute atomic E-state index is 13.0. The van der Waals surface area contributed by atoms with Crippen LogP contribution in [0.1, 0.15) is 0 Å². The summed E-state index contributed by atoms with van der Waals surface area (Å²) in [6.07, 6.45) is 0. The van der Waals surface area contributed by atoms with E-state index in [9.17, 15) is 18.8 Å². The third-order valence-electron chi connectivity index (χ3n) is 2.81. The van der Waals surface area contributed by atoms with E-state index in [-0.39, 0.29) is 18.8 Å². The van der Waals surface area contributed by atoms with E-state index in [1.807, 2.05) is 0 Å². The summed E-state index contributed by atoms with van der Waals surface area (Å²) in [4.78, 5) is 36.9. The van der Waals surface area contributed by atoms with E-state index in [0.29, 0.717) is 5.69 Å². The summed E-state index contributed by atoms with van der Waals surface area (Å²) in [5.41, 5.74) is 5.56. The van der Waals surface area contributed by atoms with Crippen LogP contribution in [0.2, 0.25) is 0 Å². The zero-order valence-corrected chi connectivity index (χ0v) is 10.7. The maximum Gasteiger partial charge on any atom is 0.327 e. The van der Waals surface area contributed by atoms with Gasteiger partial charge < -0.3 is 16.0 Å². The maximum atomic E-state index is 13.0. The summed E-state index contributed by atoms with van der Waals surface area (Å²) < 4.78 is 13.0. The van der Waals surface area contributed by atoms with E-state index in [4.69, 9.17) is 5.73 Å². The number of carbonyl (C=O) groups is 3. The first-order valence-corrected chi connectivity index (χ1v) is 5.79. The van der Waals surface area contributed by atoms with E-state index in [2.05, 4.69) is 5.32 Å². The Morgan fingerprint density at radius 1 is 1.45 bits per heavy atom. The number of nitrogens with one attached hydrogen (secondary N) is 1. The minimum Gasteiger partial charge on any atom is -0.396 e. The molecule has 0 bridgehead atoms. The molecule has 1 fully saturated rings. The summed E-state index contributed by atoms with van der Waals surface area (Å²) in [5, 5.41) is 2.44. The molecule has 106 valence electrons. The topological polar surface area (TPSA) is 95.7 Å². The number of nitrogens with two attached hydrogens (primary N) is 1. The fraction of sp³-hybridized carbons (Fsp3) is 0.250. The minimum atomic E-state index is -0.588. The highest BCUT2D eigenvalue weighted by Gasteiger charge is 2.34. The lowest BCUT2D eigenvalue weighted by molar-refractivity contribution is -0.129. The quantitative estimate of drug-likeness (QED) is 0.612. The SMILES string of the molecule is CN1CC(=O)N(CC(=O)Nc2ccc(F)c(N)c2)C1=O. The number of urea groups is 1. The predicted octanol–water partition coefficient (Wildman–Crippen LogP) is 0.240. The van der Waals surface area contributed by atoms with Crippen LogP contribution in [-0.4, -0.2) is 47.8 Å². The molecule has 2 rings (SSSR count). The van der Waals surface area contributed by atoms with E-state index >= 15 is 0 Å². The number of carbonyl (C=O) groups excluding carboxylic acids is 3. The molecule has 0 atom stereocenters. The lowest BCUT2D eigenvalue weighted by Crippen LogP contribution is -2.38. The van der Waals surface area contributed by atoms with Gasteiger partial charge in [-0.05, 0) is 18.2 Å². The summed E-state index contributed by atoms with van der Waals surface area (Å²) in [6, 6.07) is 3.19. The molecule has 0 spiro atoms. The van der Waals surface area contributed by atoms with Gasteiger partial charge in [-0.1, -0.05) is 0 Å². The molecule has 3 N–H and O–H groups in total. The Morgan fingerprint density at radius 2 is 2.15 bits per heavy atom. The molecular formula is C12H13FN4O3. The van der Waals surface area contributed by atoms with Gasteiger partial charge in [-0.25, -0.2) is 9.18 Å². The number of rotatable bonds is 3. The average molecular weight is 280 g/mol. The minimum absolute atomic E-state index is 0.0460. The Morgan fingerprint density at radius 3 is 2.70 bits per heavy atom. The molecule has 4 amide bonds. The molecule has 1 aliphatic heterocycles. The molecule has 0 aliphatic carbocycles. The summed E-state index contributed by atoms with van der Waals surface area (Å²) in [6.45, 7) is -0.436. The number of hydrogen-bond acceptors (Lipinski definition) is 4. The Kier molecular flexibility index (Phi) is 3.55. The van der Waals surface area contributed by atoms with Crippen molar-refractivity contribution in [3.05, 3.63) is 24.0 Å². The van der Waals surface area contributed by atoms with E-state index in [1.54, 1.807) is 0 Å². The highest BCUT2D eigenvalue weighted by molar-refractivity contribution is 6.06. The molecule has 7 nitrogen and oxygen atoms in total. The smallest absolute Gasteiger partial charge is 0.327 e. The van der Waals surface area contributed by atoms with Crippen molar-refractivity contribution in [1.29, 1.82) is 0 Å². The number of halogens is 1. The van der Waals surface area contributed by atoms with Crippen molar-refractivity contribution in [3.8, 4) is 0 Å². The third kappa shape index (κ3) is 2.68. The number of benzene rings is 1. The first kappa shape index (κ1) is 13.8. The highest BCUT2D eigenvalue weighted by atomic mass is 19.1. The van der Waals surface area contributed by atoms with Crippen molar-refractivity contribution in [1.82, 2.24) is 9.80 Å². The van der Waals surface area contributed by atoms with Crippen molar-refractivity contribution < 1.29 is 18.8 Å². The molecule has 1 heterocycles. The van der Waals surface area contributed by atoms with Crippen LogP contribution in [0.3, 0.4) is 0 Å². The van der Waals surface area contributed by atoms with Gasteiger partial charge >= 0.3 is 6.03 Å². The standard InChI is InChI=1S/C12H13FN4O3/c1-16-6-11(19)17(12(16)20)5-10(18)15-7-2-3-8(13)9(14)4-7/h2-4H,5-6,14H2,1H3,(H,15,18). The molecule has 1 aromatic rings. The number of nitrogen functional groups attached to an aromatic ring is 1. The summed E-state index contributed by atoms with van der Waals surface area (Å²) >= 11 is 0. The molecule has 0 aromatic heterocycles. The summed E-state index contributed by atoms with van der Waals surface area (Å²) in [5.74, 6) is -1.59. The first-order chi connectivity index (χ1) is 9.38. The van der Waals surface area contributed by atoms with Gasteiger partial charge in [0.2, 0.25) is 5.91 Å². The molecule has 0 unspecified atom stereocenters. The molecule has 1 aromatic carbocycles. The Hall–Kier alpha value is -2.64. The van der Waals surface area contributed by atoms with E-state index in [0.717, 1.165) is 11.0 Å². The van der Waals surface area contributed by atoms with Crippen LogP contribution in [-0.2, 0) is 9.59 Å².